The number of rotatable bonds is 5. The summed E-state index contributed by atoms with van der Waals surface area (Å²) in [5.41, 5.74) is 13.3. The summed E-state index contributed by atoms with van der Waals surface area (Å²) in [6, 6.07) is 66.2. The van der Waals surface area contributed by atoms with Gasteiger partial charge in [-0.05, 0) is 74.6 Å². The summed E-state index contributed by atoms with van der Waals surface area (Å²) in [5, 5.41) is 5.93. The second kappa shape index (κ2) is 12.1. The summed E-state index contributed by atoms with van der Waals surface area (Å²) in [7, 11) is 0. The van der Waals surface area contributed by atoms with Crippen LogP contribution in [0.25, 0.3) is 105 Å². The molecule has 0 radical (unpaired) electrons. The topological polar surface area (TPSA) is 43.3 Å². The summed E-state index contributed by atoms with van der Waals surface area (Å²) in [6.07, 6.45) is 0. The van der Waals surface area contributed by atoms with Gasteiger partial charge in [-0.2, -0.15) is 0 Å². The Hall–Kier alpha value is -7.30. The van der Waals surface area contributed by atoms with Gasteiger partial charge in [0.15, 0.2) is 11.4 Å². The van der Waals surface area contributed by atoms with E-state index in [9.17, 15) is 0 Å². The average molecular weight is 690 g/mol. The molecule has 252 valence electrons. The second-order valence-corrected chi connectivity index (χ2v) is 13.8. The Balaban J connectivity index is 0.972. The van der Waals surface area contributed by atoms with Gasteiger partial charge in [-0.25, -0.2) is 9.97 Å². The number of oxazole rings is 1. The van der Waals surface area contributed by atoms with Crippen LogP contribution in [0.2, 0.25) is 0 Å². The van der Waals surface area contributed by atoms with Crippen molar-refractivity contribution in [2.24, 2.45) is 0 Å². The summed E-state index contributed by atoms with van der Waals surface area (Å²) in [4.78, 5) is 10.3. The van der Waals surface area contributed by atoms with E-state index in [-0.39, 0.29) is 0 Å². The van der Waals surface area contributed by atoms with Gasteiger partial charge in [0, 0.05) is 22.1 Å². The standard InChI is InChI=1S/C50H31N3O/c1-3-11-38-29-40(27-21-32(38)9-1)44-31-43(51-49(52-44)41-28-22-33-10-2-4-12-39(33)30-41)36-23-17-34(18-24-36)35-19-25-37(26-20-35)48-42-13-5-6-14-45(42)53-46-15-7-8-16-47(46)54-50(48)53/h1-31H. The van der Waals surface area contributed by atoms with Crippen LogP contribution in [0.5, 0.6) is 0 Å². The number of aromatic nitrogens is 3. The van der Waals surface area contributed by atoms with Gasteiger partial charge >= 0.3 is 0 Å². The Morgan fingerprint density at radius 3 is 1.57 bits per heavy atom. The minimum atomic E-state index is 0.706. The largest absolute Gasteiger partial charge is 0.438 e. The van der Waals surface area contributed by atoms with E-state index in [1.807, 2.05) is 12.1 Å². The van der Waals surface area contributed by atoms with Crippen LogP contribution in [-0.2, 0) is 0 Å². The Bertz CT molecular complexity index is 3110. The number of hydrogen-bond donors (Lipinski definition) is 0. The number of nitrogens with zero attached hydrogens (tertiary/aromatic N) is 3. The highest BCUT2D eigenvalue weighted by atomic mass is 16.3. The van der Waals surface area contributed by atoms with Crippen LogP contribution < -0.4 is 0 Å². The van der Waals surface area contributed by atoms with Gasteiger partial charge in [0.05, 0.1) is 28.0 Å². The number of hydrogen-bond acceptors (Lipinski definition) is 3. The highest BCUT2D eigenvalue weighted by molar-refractivity contribution is 6.07. The predicted molar refractivity (Wildman–Crippen MR) is 222 cm³/mol. The molecule has 0 saturated carbocycles. The SMILES string of the molecule is c1ccc2cc(-c3cc(-c4ccc(-c5ccc(-c6c7ccccc7n7c6oc6ccccc67)cc5)cc4)nc(-c4ccc5ccccc5c4)n3)ccc2c1. The molecule has 11 rings (SSSR count). The van der Waals surface area contributed by atoms with E-state index in [0.717, 1.165) is 72.7 Å². The smallest absolute Gasteiger partial charge is 0.213 e. The quantitative estimate of drug-likeness (QED) is 0.181. The predicted octanol–water partition coefficient (Wildman–Crippen LogP) is 13.3. The molecule has 3 heterocycles. The molecule has 0 aliphatic rings. The van der Waals surface area contributed by atoms with Gasteiger partial charge in [-0.3, -0.25) is 4.40 Å². The van der Waals surface area contributed by atoms with Crippen LogP contribution in [0.4, 0.5) is 0 Å². The van der Waals surface area contributed by atoms with E-state index in [0.29, 0.717) is 5.82 Å². The normalized spacial score (nSPS) is 11.7. The first-order chi connectivity index (χ1) is 26.7. The Morgan fingerprint density at radius 1 is 0.370 bits per heavy atom. The fraction of sp³-hybridized carbons (Fsp3) is 0. The molecule has 4 heteroatoms. The Morgan fingerprint density at radius 2 is 0.870 bits per heavy atom. The van der Waals surface area contributed by atoms with Crippen LogP contribution in [0.3, 0.4) is 0 Å². The molecule has 0 amide bonds. The maximum absolute atomic E-state index is 6.46. The van der Waals surface area contributed by atoms with Crippen molar-refractivity contribution in [3.05, 3.63) is 188 Å². The third kappa shape index (κ3) is 5.00. The maximum Gasteiger partial charge on any atom is 0.213 e. The first kappa shape index (κ1) is 30.3. The van der Waals surface area contributed by atoms with Crippen LogP contribution in [0.1, 0.15) is 0 Å². The summed E-state index contributed by atoms with van der Waals surface area (Å²) < 4.78 is 8.69. The second-order valence-electron chi connectivity index (χ2n) is 13.8. The van der Waals surface area contributed by atoms with E-state index in [4.69, 9.17) is 14.4 Å². The molecule has 0 bridgehead atoms. The number of para-hydroxylation sites is 3. The Labute approximate surface area is 311 Å². The van der Waals surface area contributed by atoms with Crippen molar-refractivity contribution in [2.75, 3.05) is 0 Å². The maximum atomic E-state index is 6.46. The third-order valence-corrected chi connectivity index (χ3v) is 10.6. The van der Waals surface area contributed by atoms with Crippen molar-refractivity contribution in [1.29, 1.82) is 0 Å². The molecule has 0 spiro atoms. The number of fused-ring (bicyclic) bond motifs is 7. The fourth-order valence-corrected chi connectivity index (χ4v) is 7.88. The zero-order valence-corrected chi connectivity index (χ0v) is 29.1. The number of benzene rings is 8. The molecular formula is C50H31N3O. The first-order valence-corrected chi connectivity index (χ1v) is 18.2. The van der Waals surface area contributed by atoms with E-state index in [1.165, 1.54) is 26.9 Å². The lowest BCUT2D eigenvalue weighted by Gasteiger charge is -2.11. The third-order valence-electron chi connectivity index (χ3n) is 10.6. The molecule has 0 saturated heterocycles. The van der Waals surface area contributed by atoms with E-state index in [1.54, 1.807) is 0 Å². The summed E-state index contributed by atoms with van der Waals surface area (Å²) >= 11 is 0. The molecule has 0 fully saturated rings. The molecule has 8 aromatic carbocycles. The molecule has 11 aromatic rings. The van der Waals surface area contributed by atoms with E-state index in [2.05, 4.69) is 180 Å². The van der Waals surface area contributed by atoms with Gasteiger partial charge in [-0.1, -0.05) is 152 Å². The van der Waals surface area contributed by atoms with Crippen molar-refractivity contribution in [3.8, 4) is 56.2 Å². The lowest BCUT2D eigenvalue weighted by molar-refractivity contribution is 0.658. The zero-order valence-electron chi connectivity index (χ0n) is 29.1. The van der Waals surface area contributed by atoms with E-state index >= 15 is 0 Å². The van der Waals surface area contributed by atoms with Gasteiger partial charge in [-0.15, -0.1) is 0 Å². The van der Waals surface area contributed by atoms with E-state index < -0.39 is 0 Å². The molecule has 54 heavy (non-hydrogen) atoms. The van der Waals surface area contributed by atoms with Crippen molar-refractivity contribution >= 4 is 49.3 Å². The Kier molecular flexibility index (Phi) is 6.82. The van der Waals surface area contributed by atoms with Crippen LogP contribution in [0.15, 0.2) is 192 Å². The molecule has 0 aliphatic heterocycles. The molecule has 0 unspecified atom stereocenters. The highest BCUT2D eigenvalue weighted by Gasteiger charge is 2.19. The van der Waals surface area contributed by atoms with Crippen molar-refractivity contribution < 1.29 is 4.42 Å². The average Bonchev–Trinajstić information content (AvgIpc) is 3.78. The van der Waals surface area contributed by atoms with Gasteiger partial charge < -0.3 is 4.42 Å². The summed E-state index contributed by atoms with van der Waals surface area (Å²) in [6.45, 7) is 0. The molecular weight excluding hydrogens is 659 g/mol. The van der Waals surface area contributed by atoms with Crippen LogP contribution in [0, 0.1) is 0 Å². The summed E-state index contributed by atoms with van der Waals surface area (Å²) in [5.74, 6) is 0.706. The minimum absolute atomic E-state index is 0.706. The van der Waals surface area contributed by atoms with Crippen molar-refractivity contribution in [3.63, 3.8) is 0 Å². The monoisotopic (exact) mass is 689 g/mol. The molecule has 4 nitrogen and oxygen atoms in total. The van der Waals surface area contributed by atoms with Crippen LogP contribution in [-0.4, -0.2) is 14.4 Å². The molecule has 0 N–H and O–H groups in total. The molecule has 3 aromatic heterocycles. The van der Waals surface area contributed by atoms with Crippen molar-refractivity contribution in [1.82, 2.24) is 14.4 Å². The minimum Gasteiger partial charge on any atom is -0.438 e. The lowest BCUT2D eigenvalue weighted by atomic mass is 9.98. The fourth-order valence-electron chi connectivity index (χ4n) is 7.88. The lowest BCUT2D eigenvalue weighted by Crippen LogP contribution is -1.96. The van der Waals surface area contributed by atoms with Crippen molar-refractivity contribution in [2.45, 2.75) is 0 Å². The van der Waals surface area contributed by atoms with Crippen LogP contribution >= 0.6 is 0 Å². The molecule has 0 aliphatic carbocycles. The zero-order chi connectivity index (χ0) is 35.6. The van der Waals surface area contributed by atoms with Gasteiger partial charge in [0.25, 0.3) is 0 Å². The highest BCUT2D eigenvalue weighted by Crippen LogP contribution is 2.40. The molecule has 0 atom stereocenters. The van der Waals surface area contributed by atoms with Gasteiger partial charge in [0.2, 0.25) is 5.71 Å². The van der Waals surface area contributed by atoms with Gasteiger partial charge in [0.1, 0.15) is 0 Å². The first-order valence-electron chi connectivity index (χ1n) is 18.2.